The Morgan fingerprint density at radius 2 is 1.33 bits per heavy atom. The molecule has 0 aliphatic carbocycles. The van der Waals surface area contributed by atoms with Gasteiger partial charge in [0, 0.05) is 47.7 Å². The Kier molecular flexibility index (Phi) is 7.63. The molecule has 3 aromatic carbocycles. The van der Waals surface area contributed by atoms with Crippen LogP contribution in [0.2, 0.25) is 5.02 Å². The first-order chi connectivity index (χ1) is 14.4. The van der Waals surface area contributed by atoms with Crippen LogP contribution >= 0.6 is 18.7 Å². The molecule has 0 bridgehead atoms. The average molecular weight is 441 g/mol. The monoisotopic (exact) mass is 440 g/mol. The summed E-state index contributed by atoms with van der Waals surface area (Å²) >= 11 is 6.01. The molecule has 0 radical (unpaired) electrons. The van der Waals surface area contributed by atoms with Gasteiger partial charge in [-0.15, -0.1) is 0 Å². The quantitative estimate of drug-likeness (QED) is 0.496. The molecule has 0 aromatic heterocycles. The summed E-state index contributed by atoms with van der Waals surface area (Å²) in [5.74, 6) is 0.0367. The van der Waals surface area contributed by atoms with Crippen LogP contribution in [0.1, 0.15) is 23.1 Å². The van der Waals surface area contributed by atoms with Crippen molar-refractivity contribution in [2.75, 3.05) is 6.16 Å². The summed E-state index contributed by atoms with van der Waals surface area (Å²) in [5.41, 5.74) is 14.2. The molecule has 0 unspecified atom stereocenters. The van der Waals surface area contributed by atoms with E-state index in [1.54, 1.807) is 12.1 Å². The molecule has 0 saturated carbocycles. The van der Waals surface area contributed by atoms with Crippen LogP contribution in [0.15, 0.2) is 72.8 Å². The number of hydrogen-bond donors (Lipinski definition) is 2. The van der Waals surface area contributed by atoms with E-state index in [1.165, 1.54) is 0 Å². The van der Waals surface area contributed by atoms with E-state index in [-0.39, 0.29) is 24.8 Å². The van der Waals surface area contributed by atoms with Crippen LogP contribution < -0.4 is 22.1 Å². The van der Waals surface area contributed by atoms with E-state index in [1.807, 2.05) is 60.7 Å². The number of Topliss-reactive ketones (excluding diaryl/α,β-unsaturated/α-hetero) is 1. The van der Waals surface area contributed by atoms with Gasteiger partial charge in [0.1, 0.15) is 12.9 Å². The Morgan fingerprint density at radius 1 is 0.800 bits per heavy atom. The molecule has 0 saturated heterocycles. The molecule has 156 valence electrons. The number of rotatable bonds is 9. The minimum absolute atomic E-state index is 0.0367. The van der Waals surface area contributed by atoms with Crippen LogP contribution in [0.3, 0.4) is 0 Å². The molecule has 4 nitrogen and oxygen atoms in total. The molecule has 0 spiro atoms. The molecule has 0 amide bonds. The van der Waals surface area contributed by atoms with Gasteiger partial charge in [-0.2, -0.15) is 0 Å². The second-order valence-corrected chi connectivity index (χ2v) is 10.7. The van der Waals surface area contributed by atoms with E-state index in [9.17, 15) is 9.36 Å². The third-order valence-electron chi connectivity index (χ3n) is 5.17. The van der Waals surface area contributed by atoms with E-state index in [4.69, 9.17) is 23.1 Å². The maximum absolute atomic E-state index is 14.2. The summed E-state index contributed by atoms with van der Waals surface area (Å²) in [6.07, 6.45) is 0.774. The van der Waals surface area contributed by atoms with Crippen LogP contribution in [0.4, 0.5) is 0 Å². The fourth-order valence-corrected chi connectivity index (χ4v) is 6.25. The lowest BCUT2D eigenvalue weighted by molar-refractivity contribution is -0.118. The molecule has 3 aromatic rings. The summed E-state index contributed by atoms with van der Waals surface area (Å²) in [6.45, 7) is 0.849. The first-order valence-corrected chi connectivity index (χ1v) is 12.2. The highest BCUT2D eigenvalue weighted by Gasteiger charge is 2.28. The lowest BCUT2D eigenvalue weighted by Gasteiger charge is -2.20. The summed E-state index contributed by atoms with van der Waals surface area (Å²) in [4.78, 5) is 12.6. The van der Waals surface area contributed by atoms with Crippen molar-refractivity contribution in [3.8, 4) is 0 Å². The molecule has 30 heavy (non-hydrogen) atoms. The van der Waals surface area contributed by atoms with Gasteiger partial charge in [0.15, 0.2) is 0 Å². The van der Waals surface area contributed by atoms with Crippen molar-refractivity contribution in [2.45, 2.75) is 25.9 Å². The normalized spacial score (nSPS) is 11.4. The zero-order chi connectivity index (χ0) is 21.6. The van der Waals surface area contributed by atoms with Crippen LogP contribution in [0, 0.1) is 0 Å². The Hall–Kier alpha value is -2.23. The maximum Gasteiger partial charge on any atom is 0.143 e. The smallest absolute Gasteiger partial charge is 0.143 e. The summed E-state index contributed by atoms with van der Waals surface area (Å²) < 4.78 is 14.2. The van der Waals surface area contributed by atoms with Gasteiger partial charge in [-0.3, -0.25) is 4.79 Å². The molecule has 0 fully saturated rings. The zero-order valence-corrected chi connectivity index (χ0v) is 18.4. The summed E-state index contributed by atoms with van der Waals surface area (Å²) in [7, 11) is -2.98. The molecule has 6 heteroatoms. The topological polar surface area (TPSA) is 86.2 Å². The molecule has 0 aliphatic heterocycles. The highest BCUT2D eigenvalue weighted by Crippen LogP contribution is 2.44. The second-order valence-electron chi connectivity index (χ2n) is 7.30. The van der Waals surface area contributed by atoms with Crippen molar-refractivity contribution in [1.82, 2.24) is 0 Å². The lowest BCUT2D eigenvalue weighted by Crippen LogP contribution is -2.21. The number of halogens is 1. The highest BCUT2D eigenvalue weighted by molar-refractivity contribution is 7.78. The first-order valence-electron chi connectivity index (χ1n) is 9.89. The average Bonchev–Trinajstić information content (AvgIpc) is 2.77. The predicted molar refractivity (Wildman–Crippen MR) is 125 cm³/mol. The Bertz CT molecular complexity index is 998. The van der Waals surface area contributed by atoms with E-state index < -0.39 is 7.14 Å². The van der Waals surface area contributed by atoms with Gasteiger partial charge < -0.3 is 16.0 Å². The second kappa shape index (κ2) is 10.2. The molecule has 0 aliphatic rings. The number of nitrogens with two attached hydrogens (primary N) is 2. The number of hydrogen-bond acceptors (Lipinski definition) is 4. The minimum atomic E-state index is -2.98. The van der Waals surface area contributed by atoms with Gasteiger partial charge in [-0.25, -0.2) is 0 Å². The molecule has 0 atom stereocenters. The van der Waals surface area contributed by atoms with Crippen LogP contribution in [0.5, 0.6) is 0 Å². The van der Waals surface area contributed by atoms with Gasteiger partial charge in [-0.1, -0.05) is 72.3 Å². The Morgan fingerprint density at radius 3 is 1.80 bits per heavy atom. The fraction of sp³-hybridized carbons (Fsp3) is 0.208. The standard InChI is InChI=1S/C24H26ClN2O2P/c25-21-3-1-2-20(14-21)15-22(28)12-13-30(29,23-8-4-18(16-26)5-9-23)24-10-6-19(17-27)7-11-24/h1-11,14H,12-13,15-17,26-27H2. The number of benzene rings is 3. The van der Waals surface area contributed by atoms with Crippen LogP contribution in [0.25, 0.3) is 0 Å². The predicted octanol–water partition coefficient (Wildman–Crippen LogP) is 3.77. The first kappa shape index (κ1) is 22.5. The fourth-order valence-electron chi connectivity index (χ4n) is 3.40. The third-order valence-corrected chi connectivity index (χ3v) is 8.53. The van der Waals surface area contributed by atoms with Crippen LogP contribution in [-0.2, 0) is 28.9 Å². The van der Waals surface area contributed by atoms with E-state index in [0.717, 1.165) is 27.3 Å². The Balaban J connectivity index is 1.84. The Labute approximate surface area is 182 Å². The molecule has 4 N–H and O–H groups in total. The number of ketones is 1. The molecule has 0 heterocycles. The highest BCUT2D eigenvalue weighted by atomic mass is 35.5. The van der Waals surface area contributed by atoms with Crippen molar-refractivity contribution in [2.24, 2.45) is 11.5 Å². The number of carbonyl (C=O) groups is 1. The van der Waals surface area contributed by atoms with Crippen molar-refractivity contribution in [3.63, 3.8) is 0 Å². The van der Waals surface area contributed by atoms with Crippen molar-refractivity contribution < 1.29 is 9.36 Å². The van der Waals surface area contributed by atoms with Gasteiger partial charge in [-0.05, 0) is 28.8 Å². The van der Waals surface area contributed by atoms with Crippen molar-refractivity contribution in [1.29, 1.82) is 0 Å². The van der Waals surface area contributed by atoms with Gasteiger partial charge in [0.2, 0.25) is 0 Å². The van der Waals surface area contributed by atoms with E-state index in [0.29, 0.717) is 18.1 Å². The van der Waals surface area contributed by atoms with Crippen molar-refractivity contribution in [3.05, 3.63) is 94.5 Å². The minimum Gasteiger partial charge on any atom is -0.326 e. The largest absolute Gasteiger partial charge is 0.326 e. The SMILES string of the molecule is NCc1ccc(P(=O)(CCC(=O)Cc2cccc(Cl)c2)c2ccc(CN)cc2)cc1. The van der Waals surface area contributed by atoms with Gasteiger partial charge in [0.25, 0.3) is 0 Å². The van der Waals surface area contributed by atoms with E-state index in [2.05, 4.69) is 0 Å². The molecular formula is C24H26ClN2O2P. The summed E-state index contributed by atoms with van der Waals surface area (Å²) in [5, 5.41) is 2.07. The van der Waals surface area contributed by atoms with Crippen LogP contribution in [-0.4, -0.2) is 11.9 Å². The zero-order valence-electron chi connectivity index (χ0n) is 16.8. The molecule has 3 rings (SSSR count). The maximum atomic E-state index is 14.2. The number of carbonyl (C=O) groups excluding carboxylic acids is 1. The van der Waals surface area contributed by atoms with Crippen molar-refractivity contribution >= 4 is 35.1 Å². The van der Waals surface area contributed by atoms with Gasteiger partial charge in [0.05, 0.1) is 0 Å². The van der Waals surface area contributed by atoms with Gasteiger partial charge >= 0.3 is 0 Å². The summed E-state index contributed by atoms with van der Waals surface area (Å²) in [6, 6.07) is 22.3. The third kappa shape index (κ3) is 5.47. The van der Waals surface area contributed by atoms with E-state index >= 15 is 0 Å². The molecular weight excluding hydrogens is 415 g/mol. The lowest BCUT2D eigenvalue weighted by atomic mass is 10.1.